The number of nitrogens with one attached hydrogen (secondary N) is 2. The second-order valence-electron chi connectivity index (χ2n) is 4.85. The van der Waals surface area contributed by atoms with Gasteiger partial charge in [-0.05, 0) is 19.3 Å². The van der Waals surface area contributed by atoms with Crippen LogP contribution in [0.2, 0.25) is 0 Å². The number of hydrogen-bond donors (Lipinski definition) is 2. The van der Waals surface area contributed by atoms with Gasteiger partial charge in [-0.15, -0.1) is 5.10 Å². The molecular formula is C12H17N5O. The number of amides is 1. The van der Waals surface area contributed by atoms with E-state index in [1.54, 1.807) is 10.9 Å². The van der Waals surface area contributed by atoms with Crippen molar-refractivity contribution < 1.29 is 4.79 Å². The Kier molecular flexibility index (Phi) is 3.10. The standard InChI is InChI=1S/C12H17N5O/c18-12(14-9-4-2-1-3-5-9)11-8-17(16-15-11)10-6-13-7-10/h1-2,8-10,13H,3-7H2,(H,14,18). The van der Waals surface area contributed by atoms with E-state index in [4.69, 9.17) is 0 Å². The summed E-state index contributed by atoms with van der Waals surface area (Å²) in [6, 6.07) is 0.578. The highest BCUT2D eigenvalue weighted by atomic mass is 16.2. The molecule has 6 nitrogen and oxygen atoms in total. The molecule has 2 aliphatic rings. The van der Waals surface area contributed by atoms with Crippen LogP contribution in [-0.2, 0) is 0 Å². The van der Waals surface area contributed by atoms with E-state index in [-0.39, 0.29) is 11.9 Å². The quantitative estimate of drug-likeness (QED) is 0.752. The fourth-order valence-corrected chi connectivity index (χ4v) is 2.20. The molecule has 1 aliphatic heterocycles. The Morgan fingerprint density at radius 3 is 3.00 bits per heavy atom. The fraction of sp³-hybridized carbons (Fsp3) is 0.583. The maximum Gasteiger partial charge on any atom is 0.273 e. The van der Waals surface area contributed by atoms with Crippen molar-refractivity contribution in [2.45, 2.75) is 31.3 Å². The third kappa shape index (κ3) is 2.28. The lowest BCUT2D eigenvalue weighted by atomic mass is 10.0. The molecule has 0 spiro atoms. The fourth-order valence-electron chi connectivity index (χ4n) is 2.20. The topological polar surface area (TPSA) is 71.8 Å². The van der Waals surface area contributed by atoms with Crippen LogP contribution < -0.4 is 10.6 Å². The normalized spacial score (nSPS) is 23.7. The van der Waals surface area contributed by atoms with Crippen LogP contribution in [0.3, 0.4) is 0 Å². The Hall–Kier alpha value is -1.69. The average molecular weight is 247 g/mol. The molecule has 2 N–H and O–H groups in total. The van der Waals surface area contributed by atoms with Gasteiger partial charge < -0.3 is 10.6 Å². The van der Waals surface area contributed by atoms with Gasteiger partial charge in [0.2, 0.25) is 0 Å². The zero-order valence-electron chi connectivity index (χ0n) is 10.2. The van der Waals surface area contributed by atoms with Gasteiger partial charge in [0.15, 0.2) is 5.69 Å². The largest absolute Gasteiger partial charge is 0.348 e. The van der Waals surface area contributed by atoms with E-state index >= 15 is 0 Å². The van der Waals surface area contributed by atoms with Crippen molar-refractivity contribution in [2.24, 2.45) is 0 Å². The Morgan fingerprint density at radius 1 is 1.44 bits per heavy atom. The Labute approximate surface area is 105 Å². The van der Waals surface area contributed by atoms with Crippen molar-refractivity contribution in [3.05, 3.63) is 24.0 Å². The predicted octanol–water partition coefficient (Wildman–Crippen LogP) is 0.261. The minimum atomic E-state index is -0.117. The van der Waals surface area contributed by atoms with Gasteiger partial charge in [0, 0.05) is 19.1 Å². The maximum absolute atomic E-state index is 12.0. The predicted molar refractivity (Wildman–Crippen MR) is 66.2 cm³/mol. The maximum atomic E-state index is 12.0. The van der Waals surface area contributed by atoms with Crippen LogP contribution in [0, 0.1) is 0 Å². The number of carbonyl (C=O) groups excluding carboxylic acids is 1. The molecule has 96 valence electrons. The Morgan fingerprint density at radius 2 is 2.33 bits per heavy atom. The van der Waals surface area contributed by atoms with Crippen molar-refractivity contribution in [2.75, 3.05) is 13.1 Å². The number of carbonyl (C=O) groups is 1. The first-order valence-electron chi connectivity index (χ1n) is 6.41. The number of nitrogens with zero attached hydrogens (tertiary/aromatic N) is 3. The highest BCUT2D eigenvalue weighted by Crippen LogP contribution is 2.12. The summed E-state index contributed by atoms with van der Waals surface area (Å²) in [7, 11) is 0. The van der Waals surface area contributed by atoms with E-state index in [2.05, 4.69) is 33.1 Å². The van der Waals surface area contributed by atoms with Gasteiger partial charge in [0.1, 0.15) is 0 Å². The summed E-state index contributed by atoms with van der Waals surface area (Å²) < 4.78 is 1.77. The number of aromatic nitrogens is 3. The first-order chi connectivity index (χ1) is 8.83. The first-order valence-corrected chi connectivity index (χ1v) is 6.41. The van der Waals surface area contributed by atoms with Crippen molar-refractivity contribution in [3.63, 3.8) is 0 Å². The van der Waals surface area contributed by atoms with Gasteiger partial charge in [-0.3, -0.25) is 4.79 Å². The molecule has 1 atom stereocenters. The van der Waals surface area contributed by atoms with Gasteiger partial charge in [0.05, 0.1) is 12.2 Å². The second kappa shape index (κ2) is 4.89. The van der Waals surface area contributed by atoms with E-state index in [1.165, 1.54) is 0 Å². The SMILES string of the molecule is O=C(NC1CC=CCC1)c1cn(C2CNC2)nn1. The van der Waals surface area contributed by atoms with E-state index < -0.39 is 0 Å². The molecule has 0 saturated carbocycles. The molecule has 1 amide bonds. The molecule has 1 saturated heterocycles. The molecule has 2 heterocycles. The molecule has 18 heavy (non-hydrogen) atoms. The third-order valence-corrected chi connectivity index (χ3v) is 3.48. The molecule has 1 unspecified atom stereocenters. The molecular weight excluding hydrogens is 230 g/mol. The van der Waals surface area contributed by atoms with Gasteiger partial charge >= 0.3 is 0 Å². The first kappa shape index (κ1) is 11.4. The molecule has 3 rings (SSSR count). The van der Waals surface area contributed by atoms with Crippen molar-refractivity contribution in [1.82, 2.24) is 25.6 Å². The molecule has 1 aromatic rings. The summed E-state index contributed by atoms with van der Waals surface area (Å²) in [5, 5.41) is 14.1. The van der Waals surface area contributed by atoms with E-state index in [1.807, 2.05) is 0 Å². The average Bonchev–Trinajstić information content (AvgIpc) is 2.77. The van der Waals surface area contributed by atoms with Crippen molar-refractivity contribution in [3.8, 4) is 0 Å². The molecule has 6 heteroatoms. The summed E-state index contributed by atoms with van der Waals surface area (Å²) in [6.45, 7) is 1.80. The van der Waals surface area contributed by atoms with Crippen LogP contribution in [0.25, 0.3) is 0 Å². The van der Waals surface area contributed by atoms with Gasteiger partial charge in [-0.25, -0.2) is 4.68 Å². The zero-order chi connectivity index (χ0) is 12.4. The third-order valence-electron chi connectivity index (χ3n) is 3.48. The smallest absolute Gasteiger partial charge is 0.273 e. The van der Waals surface area contributed by atoms with Crippen LogP contribution in [0.15, 0.2) is 18.3 Å². The molecule has 0 aromatic carbocycles. The Bertz CT molecular complexity index is 463. The highest BCUT2D eigenvalue weighted by Gasteiger charge is 2.22. The Balaban J connectivity index is 1.61. The van der Waals surface area contributed by atoms with Gasteiger partial charge in [0.25, 0.3) is 5.91 Å². The van der Waals surface area contributed by atoms with Crippen LogP contribution >= 0.6 is 0 Å². The monoisotopic (exact) mass is 247 g/mol. The lowest BCUT2D eigenvalue weighted by Gasteiger charge is -2.26. The van der Waals surface area contributed by atoms with Crippen LogP contribution in [-0.4, -0.2) is 40.0 Å². The summed E-state index contributed by atoms with van der Waals surface area (Å²) in [6.07, 6.45) is 8.95. The zero-order valence-corrected chi connectivity index (χ0v) is 10.2. The van der Waals surface area contributed by atoms with Crippen LogP contribution in [0.4, 0.5) is 0 Å². The molecule has 0 bridgehead atoms. The van der Waals surface area contributed by atoms with Gasteiger partial charge in [-0.1, -0.05) is 17.4 Å². The van der Waals surface area contributed by atoms with E-state index in [0.717, 1.165) is 32.4 Å². The second-order valence-corrected chi connectivity index (χ2v) is 4.85. The van der Waals surface area contributed by atoms with E-state index in [0.29, 0.717) is 11.7 Å². The highest BCUT2D eigenvalue weighted by molar-refractivity contribution is 5.92. The summed E-state index contributed by atoms with van der Waals surface area (Å²) in [5.41, 5.74) is 0.413. The minimum Gasteiger partial charge on any atom is -0.348 e. The molecule has 1 aliphatic carbocycles. The van der Waals surface area contributed by atoms with Crippen molar-refractivity contribution >= 4 is 5.91 Å². The number of hydrogen-bond acceptors (Lipinski definition) is 4. The minimum absolute atomic E-state index is 0.117. The number of rotatable bonds is 3. The lowest BCUT2D eigenvalue weighted by molar-refractivity contribution is 0.0929. The lowest BCUT2D eigenvalue weighted by Crippen LogP contribution is -2.43. The molecule has 1 fully saturated rings. The molecule has 0 radical (unpaired) electrons. The number of allylic oxidation sites excluding steroid dienone is 1. The molecule has 1 aromatic heterocycles. The van der Waals surface area contributed by atoms with Crippen LogP contribution in [0.1, 0.15) is 35.8 Å². The summed E-state index contributed by atoms with van der Waals surface area (Å²) >= 11 is 0. The summed E-state index contributed by atoms with van der Waals surface area (Å²) in [4.78, 5) is 12.0. The van der Waals surface area contributed by atoms with Crippen LogP contribution in [0.5, 0.6) is 0 Å². The summed E-state index contributed by atoms with van der Waals surface area (Å²) in [5.74, 6) is -0.117. The van der Waals surface area contributed by atoms with Crippen molar-refractivity contribution in [1.29, 1.82) is 0 Å². The van der Waals surface area contributed by atoms with E-state index in [9.17, 15) is 4.79 Å². The van der Waals surface area contributed by atoms with Gasteiger partial charge in [-0.2, -0.15) is 0 Å².